The summed E-state index contributed by atoms with van der Waals surface area (Å²) < 4.78 is 0. The van der Waals surface area contributed by atoms with Gasteiger partial charge < -0.3 is 9.80 Å². The van der Waals surface area contributed by atoms with E-state index in [1.165, 1.54) is 12.0 Å². The molecule has 2 atom stereocenters. The third kappa shape index (κ3) is 2.88. The molecule has 0 saturated carbocycles. The van der Waals surface area contributed by atoms with Crippen molar-refractivity contribution in [3.63, 3.8) is 0 Å². The average molecular weight is 363 g/mol. The molecule has 0 aliphatic carbocycles. The number of carbonyl (C=O) groups is 1. The van der Waals surface area contributed by atoms with Crippen LogP contribution in [0.2, 0.25) is 0 Å². The summed E-state index contributed by atoms with van der Waals surface area (Å²) in [7, 11) is 0. The van der Waals surface area contributed by atoms with E-state index in [0.717, 1.165) is 49.1 Å². The van der Waals surface area contributed by atoms with Crippen molar-refractivity contribution in [3.8, 4) is 0 Å². The maximum atomic E-state index is 12.9. The molecule has 3 fully saturated rings. The number of hydrogen-bond acceptors (Lipinski definition) is 5. The molecule has 6 heteroatoms. The highest BCUT2D eigenvalue weighted by atomic mass is 16.2. The second-order valence-corrected chi connectivity index (χ2v) is 8.00. The first-order valence-electron chi connectivity index (χ1n) is 9.80. The lowest BCUT2D eigenvalue weighted by Crippen LogP contribution is -2.70. The van der Waals surface area contributed by atoms with Gasteiger partial charge in [-0.1, -0.05) is 18.2 Å². The predicted molar refractivity (Wildman–Crippen MR) is 105 cm³/mol. The largest absolute Gasteiger partial charge is 0.338 e. The quantitative estimate of drug-likeness (QED) is 0.834. The van der Waals surface area contributed by atoms with Gasteiger partial charge in [0.15, 0.2) is 0 Å². The maximum absolute atomic E-state index is 12.9. The average Bonchev–Trinajstić information content (AvgIpc) is 3.09. The minimum atomic E-state index is 0.228. The zero-order valence-corrected chi connectivity index (χ0v) is 15.9. The van der Waals surface area contributed by atoms with Gasteiger partial charge in [-0.25, -0.2) is 9.97 Å². The number of anilines is 2. The van der Waals surface area contributed by atoms with Crippen LogP contribution in [0, 0.1) is 13.8 Å². The van der Waals surface area contributed by atoms with Gasteiger partial charge in [0.2, 0.25) is 11.9 Å². The molecular weight excluding hydrogens is 338 g/mol. The zero-order valence-electron chi connectivity index (χ0n) is 15.9. The summed E-state index contributed by atoms with van der Waals surface area (Å²) in [6, 6.07) is 11.1. The minimum Gasteiger partial charge on any atom is -0.338 e. The molecule has 1 aromatic carbocycles. The van der Waals surface area contributed by atoms with E-state index in [1.807, 2.05) is 30.9 Å². The monoisotopic (exact) mass is 363 g/mol. The number of hydrogen-bond donors (Lipinski definition) is 0. The topological polar surface area (TPSA) is 52.6 Å². The number of amides is 1. The van der Waals surface area contributed by atoms with Crippen LogP contribution in [0.15, 0.2) is 30.3 Å². The SMILES string of the molecule is Cc1cc(C)nc(N2CC3CC(C2)N3CC(=O)N2CCc3ccccc32)n1. The fourth-order valence-corrected chi connectivity index (χ4v) is 4.80. The molecule has 3 saturated heterocycles. The van der Waals surface area contributed by atoms with E-state index >= 15 is 0 Å². The van der Waals surface area contributed by atoms with E-state index in [0.29, 0.717) is 18.6 Å². The molecule has 2 bridgehead atoms. The Morgan fingerprint density at radius 1 is 1.11 bits per heavy atom. The highest BCUT2D eigenvalue weighted by molar-refractivity contribution is 5.96. The minimum absolute atomic E-state index is 0.228. The molecular formula is C21H25N5O. The summed E-state index contributed by atoms with van der Waals surface area (Å²) in [5.41, 5.74) is 4.40. The summed E-state index contributed by atoms with van der Waals surface area (Å²) in [6.07, 6.45) is 2.14. The highest BCUT2D eigenvalue weighted by Crippen LogP contribution is 2.34. The molecule has 6 nitrogen and oxygen atoms in total. The number of rotatable bonds is 3. The first-order chi connectivity index (χ1) is 13.1. The van der Waals surface area contributed by atoms with Crippen molar-refractivity contribution >= 4 is 17.5 Å². The molecule has 2 unspecified atom stereocenters. The molecule has 27 heavy (non-hydrogen) atoms. The Morgan fingerprint density at radius 3 is 2.56 bits per heavy atom. The van der Waals surface area contributed by atoms with Gasteiger partial charge in [0.1, 0.15) is 0 Å². The van der Waals surface area contributed by atoms with Crippen LogP contribution < -0.4 is 9.80 Å². The zero-order chi connectivity index (χ0) is 18.5. The van der Waals surface area contributed by atoms with E-state index < -0.39 is 0 Å². The fourth-order valence-electron chi connectivity index (χ4n) is 4.80. The molecule has 0 N–H and O–H groups in total. The summed E-state index contributed by atoms with van der Waals surface area (Å²) >= 11 is 0. The van der Waals surface area contributed by atoms with E-state index in [4.69, 9.17) is 0 Å². The van der Waals surface area contributed by atoms with Gasteiger partial charge in [0.25, 0.3) is 0 Å². The maximum Gasteiger partial charge on any atom is 0.241 e. The third-order valence-electron chi connectivity index (χ3n) is 6.10. The molecule has 5 heterocycles. The molecule has 0 spiro atoms. The van der Waals surface area contributed by atoms with E-state index in [-0.39, 0.29) is 5.91 Å². The van der Waals surface area contributed by atoms with Gasteiger partial charge in [-0.05, 0) is 44.4 Å². The van der Waals surface area contributed by atoms with Crippen LogP contribution in [-0.2, 0) is 11.2 Å². The van der Waals surface area contributed by atoms with Crippen molar-refractivity contribution < 1.29 is 4.79 Å². The normalized spacial score (nSPS) is 23.9. The van der Waals surface area contributed by atoms with Crippen LogP contribution in [0.3, 0.4) is 0 Å². The second-order valence-electron chi connectivity index (χ2n) is 8.00. The molecule has 6 rings (SSSR count). The van der Waals surface area contributed by atoms with E-state index in [1.54, 1.807) is 0 Å². The number of aryl methyl sites for hydroxylation is 2. The smallest absolute Gasteiger partial charge is 0.241 e. The molecule has 1 aromatic heterocycles. The number of aromatic nitrogens is 2. The lowest BCUT2D eigenvalue weighted by atomic mass is 9.87. The summed E-state index contributed by atoms with van der Waals surface area (Å²) in [4.78, 5) is 28.8. The van der Waals surface area contributed by atoms with Crippen LogP contribution in [0.25, 0.3) is 0 Å². The summed E-state index contributed by atoms with van der Waals surface area (Å²) in [5.74, 6) is 1.06. The predicted octanol–water partition coefficient (Wildman–Crippen LogP) is 1.95. The Bertz CT molecular complexity index is 866. The van der Waals surface area contributed by atoms with Crippen molar-refractivity contribution in [1.29, 1.82) is 0 Å². The molecule has 0 radical (unpaired) electrons. The Kier molecular flexibility index (Phi) is 3.90. The summed E-state index contributed by atoms with van der Waals surface area (Å²) in [5, 5.41) is 0. The molecule has 4 aliphatic rings. The highest BCUT2D eigenvalue weighted by Gasteiger charge is 2.46. The van der Waals surface area contributed by atoms with E-state index in [2.05, 4.69) is 38.0 Å². The first kappa shape index (κ1) is 16.7. The number of fused-ring (bicyclic) bond motifs is 3. The second kappa shape index (κ2) is 6.30. The van der Waals surface area contributed by atoms with Crippen molar-refractivity contribution in [3.05, 3.63) is 47.3 Å². The van der Waals surface area contributed by atoms with Gasteiger partial charge in [-0.3, -0.25) is 9.69 Å². The van der Waals surface area contributed by atoms with E-state index in [9.17, 15) is 4.79 Å². The van der Waals surface area contributed by atoms with Crippen LogP contribution in [0.5, 0.6) is 0 Å². The number of para-hydroxylation sites is 1. The number of carbonyl (C=O) groups excluding carboxylic acids is 1. The Morgan fingerprint density at radius 2 is 1.81 bits per heavy atom. The first-order valence-corrected chi connectivity index (χ1v) is 9.80. The number of piperidine rings is 1. The number of benzene rings is 1. The number of piperazine rings is 1. The molecule has 140 valence electrons. The Hall–Kier alpha value is -2.47. The summed E-state index contributed by atoms with van der Waals surface area (Å²) in [6.45, 7) is 7.17. The lowest BCUT2D eigenvalue weighted by Gasteiger charge is -2.56. The van der Waals surface area contributed by atoms with Gasteiger partial charge >= 0.3 is 0 Å². The van der Waals surface area contributed by atoms with Crippen LogP contribution in [-0.4, -0.2) is 59.0 Å². The molecule has 4 aliphatic heterocycles. The van der Waals surface area contributed by atoms with Gasteiger partial charge in [-0.2, -0.15) is 0 Å². The van der Waals surface area contributed by atoms with Crippen molar-refractivity contribution in [1.82, 2.24) is 14.9 Å². The fraction of sp³-hybridized carbons (Fsp3) is 0.476. The molecule has 1 amide bonds. The van der Waals surface area contributed by atoms with Crippen LogP contribution in [0.4, 0.5) is 11.6 Å². The number of nitrogens with zero attached hydrogens (tertiary/aromatic N) is 5. The third-order valence-corrected chi connectivity index (χ3v) is 6.10. The van der Waals surface area contributed by atoms with Crippen molar-refractivity contribution in [2.24, 2.45) is 0 Å². The van der Waals surface area contributed by atoms with Gasteiger partial charge in [0, 0.05) is 48.8 Å². The van der Waals surface area contributed by atoms with Crippen LogP contribution in [0.1, 0.15) is 23.4 Å². The van der Waals surface area contributed by atoms with Crippen molar-refractivity contribution in [2.45, 2.75) is 38.8 Å². The van der Waals surface area contributed by atoms with Crippen molar-refractivity contribution in [2.75, 3.05) is 36.0 Å². The Balaban J connectivity index is 1.25. The lowest BCUT2D eigenvalue weighted by molar-refractivity contribution is -0.124. The van der Waals surface area contributed by atoms with Crippen LogP contribution >= 0.6 is 0 Å². The van der Waals surface area contributed by atoms with Gasteiger partial charge in [0.05, 0.1) is 6.54 Å². The Labute approximate surface area is 159 Å². The van der Waals surface area contributed by atoms with Gasteiger partial charge in [-0.15, -0.1) is 0 Å². The molecule has 2 aromatic rings. The standard InChI is InChI=1S/C21H25N5O/c1-14-9-15(2)23-21(22-14)24-11-17-10-18(12-24)26(17)13-20(27)25-8-7-16-5-3-4-6-19(16)25/h3-6,9,17-18H,7-8,10-13H2,1-2H3.